The fraction of sp³-hybridized carbons (Fsp3) is 0.0588. The molecule has 7 heteroatoms. The van der Waals surface area contributed by atoms with Crippen LogP contribution in [0, 0.1) is 0 Å². The number of nitrogens with one attached hydrogen (secondary N) is 1. The van der Waals surface area contributed by atoms with E-state index in [1.54, 1.807) is 55.0 Å². The zero-order valence-electron chi connectivity index (χ0n) is 12.6. The van der Waals surface area contributed by atoms with Crippen molar-refractivity contribution in [1.29, 1.82) is 0 Å². The van der Waals surface area contributed by atoms with Gasteiger partial charge in [0.05, 0.1) is 0 Å². The summed E-state index contributed by atoms with van der Waals surface area (Å²) >= 11 is 0. The Labute approximate surface area is 138 Å². The Bertz CT molecular complexity index is 780. The second-order valence-corrected chi connectivity index (χ2v) is 4.65. The van der Waals surface area contributed by atoms with Gasteiger partial charge in [0.1, 0.15) is 11.5 Å². The van der Waals surface area contributed by atoms with Gasteiger partial charge in [-0.05, 0) is 36.4 Å². The van der Waals surface area contributed by atoms with Crippen LogP contribution >= 0.6 is 0 Å². The van der Waals surface area contributed by atoms with E-state index in [9.17, 15) is 4.79 Å². The molecule has 1 N–H and O–H groups in total. The van der Waals surface area contributed by atoms with E-state index < -0.39 is 0 Å². The maximum atomic E-state index is 11.7. The van der Waals surface area contributed by atoms with E-state index in [0.29, 0.717) is 17.4 Å². The predicted octanol–water partition coefficient (Wildman–Crippen LogP) is 2.68. The molecule has 0 fully saturated rings. The maximum Gasteiger partial charge on any atom is 0.264 e. The van der Waals surface area contributed by atoms with Crippen LogP contribution in [0.1, 0.15) is 0 Å². The predicted molar refractivity (Wildman–Crippen MR) is 86.9 cm³/mol. The standard InChI is InChI=1S/C17H14N4O3/c22-15(21-17-19-10-3-11-20-17)12-23-13-5-7-14(8-6-13)24-16-4-1-2-9-18-16/h1-11H,12H2,(H,19,20,21,22). The van der Waals surface area contributed by atoms with E-state index in [0.717, 1.165) is 0 Å². The van der Waals surface area contributed by atoms with Gasteiger partial charge in [-0.3, -0.25) is 10.1 Å². The summed E-state index contributed by atoms with van der Waals surface area (Å²) in [5.41, 5.74) is 0. The lowest BCUT2D eigenvalue weighted by molar-refractivity contribution is -0.118. The molecule has 7 nitrogen and oxygen atoms in total. The Balaban J connectivity index is 1.50. The van der Waals surface area contributed by atoms with E-state index in [-0.39, 0.29) is 18.5 Å². The highest BCUT2D eigenvalue weighted by molar-refractivity contribution is 5.90. The Kier molecular flexibility index (Phi) is 4.94. The van der Waals surface area contributed by atoms with Crippen molar-refractivity contribution in [3.8, 4) is 17.4 Å². The average molecular weight is 322 g/mol. The molecule has 1 aromatic carbocycles. The van der Waals surface area contributed by atoms with Crippen LogP contribution < -0.4 is 14.8 Å². The van der Waals surface area contributed by atoms with Crippen LogP contribution in [0.4, 0.5) is 5.95 Å². The van der Waals surface area contributed by atoms with Crippen molar-refractivity contribution in [1.82, 2.24) is 15.0 Å². The first-order valence-electron chi connectivity index (χ1n) is 7.18. The normalized spacial score (nSPS) is 10.0. The first-order valence-corrected chi connectivity index (χ1v) is 7.18. The van der Waals surface area contributed by atoms with Crippen LogP contribution in [0.2, 0.25) is 0 Å². The third kappa shape index (κ3) is 4.51. The highest BCUT2D eigenvalue weighted by Crippen LogP contribution is 2.22. The zero-order valence-corrected chi connectivity index (χ0v) is 12.6. The number of anilines is 1. The molecular formula is C17H14N4O3. The smallest absolute Gasteiger partial charge is 0.264 e. The number of aromatic nitrogens is 3. The second kappa shape index (κ2) is 7.68. The van der Waals surface area contributed by atoms with E-state index in [2.05, 4.69) is 20.3 Å². The van der Waals surface area contributed by atoms with Crippen molar-refractivity contribution in [2.24, 2.45) is 0 Å². The quantitative estimate of drug-likeness (QED) is 0.751. The zero-order chi connectivity index (χ0) is 16.6. The van der Waals surface area contributed by atoms with Crippen LogP contribution in [0.3, 0.4) is 0 Å². The number of hydrogen-bond donors (Lipinski definition) is 1. The molecule has 0 bridgehead atoms. The first kappa shape index (κ1) is 15.4. The first-order chi connectivity index (χ1) is 11.8. The lowest BCUT2D eigenvalue weighted by Crippen LogP contribution is -2.21. The minimum absolute atomic E-state index is 0.140. The van der Waals surface area contributed by atoms with Crippen LogP contribution in [0.25, 0.3) is 0 Å². The maximum absolute atomic E-state index is 11.7. The van der Waals surface area contributed by atoms with Gasteiger partial charge in [-0.15, -0.1) is 0 Å². The summed E-state index contributed by atoms with van der Waals surface area (Å²) < 4.78 is 11.0. The summed E-state index contributed by atoms with van der Waals surface area (Å²) in [5, 5.41) is 2.54. The van der Waals surface area contributed by atoms with Gasteiger partial charge in [-0.25, -0.2) is 15.0 Å². The molecule has 0 atom stereocenters. The van der Waals surface area contributed by atoms with Crippen molar-refractivity contribution in [2.45, 2.75) is 0 Å². The molecule has 2 heterocycles. The summed E-state index contributed by atoms with van der Waals surface area (Å²) in [5.74, 6) is 1.59. The van der Waals surface area contributed by atoms with Gasteiger partial charge in [0.15, 0.2) is 6.61 Å². The number of rotatable bonds is 6. The summed E-state index contributed by atoms with van der Waals surface area (Å²) in [7, 11) is 0. The summed E-state index contributed by atoms with van der Waals surface area (Å²) in [4.78, 5) is 23.6. The number of carbonyl (C=O) groups is 1. The summed E-state index contributed by atoms with van der Waals surface area (Å²) in [6.07, 6.45) is 4.75. The Morgan fingerprint density at radius 2 is 1.58 bits per heavy atom. The van der Waals surface area contributed by atoms with Crippen LogP contribution in [-0.4, -0.2) is 27.5 Å². The van der Waals surface area contributed by atoms with Crippen LogP contribution in [-0.2, 0) is 4.79 Å². The van der Waals surface area contributed by atoms with E-state index in [1.165, 1.54) is 0 Å². The van der Waals surface area contributed by atoms with Crippen molar-refractivity contribution < 1.29 is 14.3 Å². The van der Waals surface area contributed by atoms with Gasteiger partial charge in [0, 0.05) is 24.7 Å². The molecule has 0 saturated heterocycles. The molecule has 3 rings (SSSR count). The van der Waals surface area contributed by atoms with Gasteiger partial charge in [-0.1, -0.05) is 6.07 Å². The largest absolute Gasteiger partial charge is 0.484 e. The molecular weight excluding hydrogens is 308 g/mol. The molecule has 0 aliphatic heterocycles. The van der Waals surface area contributed by atoms with Crippen molar-refractivity contribution in [2.75, 3.05) is 11.9 Å². The molecule has 0 unspecified atom stereocenters. The van der Waals surface area contributed by atoms with Gasteiger partial charge in [-0.2, -0.15) is 0 Å². The van der Waals surface area contributed by atoms with Gasteiger partial charge >= 0.3 is 0 Å². The minimum atomic E-state index is -0.338. The lowest BCUT2D eigenvalue weighted by atomic mass is 10.3. The van der Waals surface area contributed by atoms with E-state index in [4.69, 9.17) is 9.47 Å². The van der Waals surface area contributed by atoms with Gasteiger partial charge in [0.25, 0.3) is 5.91 Å². The molecule has 0 spiro atoms. The van der Waals surface area contributed by atoms with Gasteiger partial charge in [0.2, 0.25) is 11.8 Å². The van der Waals surface area contributed by atoms with Crippen molar-refractivity contribution >= 4 is 11.9 Å². The Hall–Kier alpha value is -3.48. The topological polar surface area (TPSA) is 86.2 Å². The number of hydrogen-bond acceptors (Lipinski definition) is 6. The van der Waals surface area contributed by atoms with Crippen molar-refractivity contribution in [3.05, 3.63) is 67.1 Å². The molecule has 0 aliphatic carbocycles. The highest BCUT2D eigenvalue weighted by Gasteiger charge is 2.05. The summed E-state index contributed by atoms with van der Waals surface area (Å²) in [6.45, 7) is -0.140. The molecule has 0 aliphatic rings. The lowest BCUT2D eigenvalue weighted by Gasteiger charge is -2.08. The average Bonchev–Trinajstić information content (AvgIpc) is 2.63. The van der Waals surface area contributed by atoms with Gasteiger partial charge < -0.3 is 9.47 Å². The SMILES string of the molecule is O=C(COc1ccc(Oc2ccccn2)cc1)Nc1ncccn1. The van der Waals surface area contributed by atoms with E-state index in [1.807, 2.05) is 12.1 Å². The third-order valence-electron chi connectivity index (χ3n) is 2.87. The number of amides is 1. The highest BCUT2D eigenvalue weighted by atomic mass is 16.5. The van der Waals surface area contributed by atoms with E-state index >= 15 is 0 Å². The van der Waals surface area contributed by atoms with Crippen molar-refractivity contribution in [3.63, 3.8) is 0 Å². The number of benzene rings is 1. The molecule has 24 heavy (non-hydrogen) atoms. The third-order valence-corrected chi connectivity index (χ3v) is 2.87. The number of carbonyl (C=O) groups excluding carboxylic acids is 1. The summed E-state index contributed by atoms with van der Waals surface area (Å²) in [6, 6.07) is 14.0. The monoisotopic (exact) mass is 322 g/mol. The second-order valence-electron chi connectivity index (χ2n) is 4.65. The molecule has 0 saturated carbocycles. The fourth-order valence-corrected chi connectivity index (χ4v) is 1.81. The molecule has 1 amide bonds. The molecule has 120 valence electrons. The Morgan fingerprint density at radius 3 is 2.29 bits per heavy atom. The Morgan fingerprint density at radius 1 is 0.875 bits per heavy atom. The molecule has 3 aromatic rings. The number of pyridine rings is 1. The van der Waals surface area contributed by atoms with Crippen LogP contribution in [0.5, 0.6) is 17.4 Å². The number of ether oxygens (including phenoxy) is 2. The fourth-order valence-electron chi connectivity index (χ4n) is 1.81. The molecule has 0 radical (unpaired) electrons. The van der Waals surface area contributed by atoms with Crippen LogP contribution in [0.15, 0.2) is 67.1 Å². The number of nitrogens with zero attached hydrogens (tertiary/aromatic N) is 3. The molecule has 2 aromatic heterocycles. The minimum Gasteiger partial charge on any atom is -0.484 e.